The topological polar surface area (TPSA) is 70.2 Å². The van der Waals surface area contributed by atoms with Gasteiger partial charge in [-0.1, -0.05) is 31.9 Å². The minimum atomic E-state index is -0.553. The van der Waals surface area contributed by atoms with Crippen LogP contribution in [0.15, 0.2) is 24.3 Å². The van der Waals surface area contributed by atoms with Gasteiger partial charge in [-0.2, -0.15) is 0 Å². The second-order valence-electron chi connectivity index (χ2n) is 6.84. The highest BCUT2D eigenvalue weighted by molar-refractivity contribution is 6.30. The standard InChI is InChI=1S/C19H28ClN3O2/c1-4-12(2)17(19(25)22-16-6-5-11-21-13(16)3)23-18(24)14-7-9-15(20)10-8-14/h7-10,12-13,16-17,21H,4-6,11H2,1-3H3,(H,22,25)(H,23,24). The lowest BCUT2D eigenvalue weighted by Crippen LogP contribution is -2.57. The average Bonchev–Trinajstić information content (AvgIpc) is 2.61. The molecule has 1 saturated heterocycles. The Hall–Kier alpha value is -1.59. The molecule has 1 aromatic rings. The third-order valence-corrected chi connectivity index (χ3v) is 5.23. The monoisotopic (exact) mass is 365 g/mol. The molecule has 0 aliphatic carbocycles. The van der Waals surface area contributed by atoms with E-state index in [9.17, 15) is 9.59 Å². The Bertz CT molecular complexity index is 591. The first-order chi connectivity index (χ1) is 11.9. The Morgan fingerprint density at radius 3 is 2.60 bits per heavy atom. The number of benzene rings is 1. The van der Waals surface area contributed by atoms with E-state index in [2.05, 4.69) is 22.9 Å². The van der Waals surface area contributed by atoms with Crippen molar-refractivity contribution in [3.63, 3.8) is 0 Å². The van der Waals surface area contributed by atoms with Crippen molar-refractivity contribution < 1.29 is 9.59 Å². The van der Waals surface area contributed by atoms with Crippen LogP contribution in [0.4, 0.5) is 0 Å². The molecule has 0 spiro atoms. The lowest BCUT2D eigenvalue weighted by molar-refractivity contribution is -0.125. The molecule has 1 aromatic carbocycles. The molecule has 1 aliphatic rings. The van der Waals surface area contributed by atoms with E-state index in [1.165, 1.54) is 0 Å². The predicted octanol–water partition coefficient (Wildman–Crippen LogP) is 2.74. The van der Waals surface area contributed by atoms with Crippen LogP contribution in [0.25, 0.3) is 0 Å². The van der Waals surface area contributed by atoms with Gasteiger partial charge in [0.2, 0.25) is 5.91 Å². The zero-order valence-corrected chi connectivity index (χ0v) is 15.9. The number of hydrogen-bond donors (Lipinski definition) is 3. The molecule has 4 atom stereocenters. The Morgan fingerprint density at radius 2 is 2.00 bits per heavy atom. The van der Waals surface area contributed by atoms with E-state index in [0.717, 1.165) is 25.8 Å². The first-order valence-corrected chi connectivity index (χ1v) is 9.40. The van der Waals surface area contributed by atoms with Crippen LogP contribution in [-0.2, 0) is 4.79 Å². The van der Waals surface area contributed by atoms with Crippen molar-refractivity contribution in [3.8, 4) is 0 Å². The highest BCUT2D eigenvalue weighted by Gasteiger charge is 2.30. The Labute approximate surface area is 154 Å². The number of rotatable bonds is 6. The zero-order chi connectivity index (χ0) is 18.4. The van der Waals surface area contributed by atoms with Crippen LogP contribution in [0.5, 0.6) is 0 Å². The number of carbonyl (C=O) groups excluding carboxylic acids is 2. The van der Waals surface area contributed by atoms with Crippen LogP contribution in [0.1, 0.15) is 50.4 Å². The Kier molecular flexibility index (Phi) is 7.26. The normalized spacial score (nSPS) is 22.7. The van der Waals surface area contributed by atoms with Crippen LogP contribution >= 0.6 is 11.6 Å². The fourth-order valence-corrected chi connectivity index (χ4v) is 3.17. The van der Waals surface area contributed by atoms with Gasteiger partial charge in [0.25, 0.3) is 5.91 Å². The summed E-state index contributed by atoms with van der Waals surface area (Å²) in [5.41, 5.74) is 0.498. The van der Waals surface area contributed by atoms with Gasteiger partial charge in [-0.25, -0.2) is 0 Å². The summed E-state index contributed by atoms with van der Waals surface area (Å²) < 4.78 is 0. The van der Waals surface area contributed by atoms with Crippen molar-refractivity contribution in [1.29, 1.82) is 0 Å². The summed E-state index contributed by atoms with van der Waals surface area (Å²) in [4.78, 5) is 25.3. The zero-order valence-electron chi connectivity index (χ0n) is 15.1. The highest BCUT2D eigenvalue weighted by Crippen LogP contribution is 2.14. The molecule has 5 nitrogen and oxygen atoms in total. The second kappa shape index (κ2) is 9.20. The molecule has 0 bridgehead atoms. The SMILES string of the molecule is CCC(C)C(NC(=O)c1ccc(Cl)cc1)C(=O)NC1CCCNC1C. The molecule has 6 heteroatoms. The summed E-state index contributed by atoms with van der Waals surface area (Å²) in [5.74, 6) is -0.327. The molecule has 138 valence electrons. The molecule has 1 aliphatic heterocycles. The minimum Gasteiger partial charge on any atom is -0.350 e. The lowest BCUT2D eigenvalue weighted by Gasteiger charge is -2.33. The summed E-state index contributed by atoms with van der Waals surface area (Å²) in [6, 6.07) is 6.45. The van der Waals surface area contributed by atoms with Crippen LogP contribution in [0.2, 0.25) is 5.02 Å². The van der Waals surface area contributed by atoms with Gasteiger partial charge in [0.05, 0.1) is 0 Å². The van der Waals surface area contributed by atoms with E-state index in [1.807, 2.05) is 13.8 Å². The minimum absolute atomic E-state index is 0.0445. The largest absolute Gasteiger partial charge is 0.350 e. The summed E-state index contributed by atoms with van der Waals surface area (Å²) in [6.07, 6.45) is 2.80. The number of halogens is 1. The highest BCUT2D eigenvalue weighted by atomic mass is 35.5. The molecule has 1 fully saturated rings. The summed E-state index contributed by atoms with van der Waals surface area (Å²) in [7, 11) is 0. The van der Waals surface area contributed by atoms with Gasteiger partial charge in [0, 0.05) is 22.7 Å². The van der Waals surface area contributed by atoms with Gasteiger partial charge in [-0.3, -0.25) is 9.59 Å². The van der Waals surface area contributed by atoms with Gasteiger partial charge in [0.1, 0.15) is 6.04 Å². The van der Waals surface area contributed by atoms with E-state index in [0.29, 0.717) is 10.6 Å². The van der Waals surface area contributed by atoms with Crippen LogP contribution < -0.4 is 16.0 Å². The van der Waals surface area contributed by atoms with Crippen LogP contribution in [-0.4, -0.2) is 36.5 Å². The van der Waals surface area contributed by atoms with Gasteiger partial charge in [0.15, 0.2) is 0 Å². The van der Waals surface area contributed by atoms with Crippen molar-refractivity contribution >= 4 is 23.4 Å². The quantitative estimate of drug-likeness (QED) is 0.726. The van der Waals surface area contributed by atoms with Crippen molar-refractivity contribution in [1.82, 2.24) is 16.0 Å². The Balaban J connectivity index is 2.05. The maximum absolute atomic E-state index is 12.8. The molecule has 1 heterocycles. The molecule has 0 saturated carbocycles. The molecule has 2 amide bonds. The molecular formula is C19H28ClN3O2. The fourth-order valence-electron chi connectivity index (χ4n) is 3.04. The van der Waals surface area contributed by atoms with Gasteiger partial charge < -0.3 is 16.0 Å². The summed E-state index contributed by atoms with van der Waals surface area (Å²) in [6.45, 7) is 7.06. The molecule has 0 aromatic heterocycles. The van der Waals surface area contributed by atoms with E-state index in [1.54, 1.807) is 24.3 Å². The molecule has 3 N–H and O–H groups in total. The van der Waals surface area contributed by atoms with Crippen molar-refractivity contribution in [2.24, 2.45) is 5.92 Å². The van der Waals surface area contributed by atoms with Crippen molar-refractivity contribution in [2.75, 3.05) is 6.54 Å². The van der Waals surface area contributed by atoms with Crippen LogP contribution in [0.3, 0.4) is 0 Å². The third kappa shape index (κ3) is 5.44. The summed E-state index contributed by atoms with van der Waals surface area (Å²) >= 11 is 5.87. The number of carbonyl (C=O) groups is 2. The lowest BCUT2D eigenvalue weighted by atomic mass is 9.95. The number of piperidine rings is 1. The first kappa shape index (κ1) is 19.7. The molecular weight excluding hydrogens is 338 g/mol. The van der Waals surface area contributed by atoms with Crippen LogP contribution in [0, 0.1) is 5.92 Å². The number of hydrogen-bond acceptors (Lipinski definition) is 3. The van der Waals surface area contributed by atoms with E-state index >= 15 is 0 Å². The smallest absolute Gasteiger partial charge is 0.251 e. The van der Waals surface area contributed by atoms with Gasteiger partial charge >= 0.3 is 0 Å². The summed E-state index contributed by atoms with van der Waals surface area (Å²) in [5, 5.41) is 9.96. The molecule has 4 unspecified atom stereocenters. The number of nitrogens with one attached hydrogen (secondary N) is 3. The van der Waals surface area contributed by atoms with Crippen molar-refractivity contribution in [2.45, 2.75) is 58.2 Å². The van der Waals surface area contributed by atoms with E-state index in [-0.39, 0.29) is 29.8 Å². The maximum atomic E-state index is 12.8. The first-order valence-electron chi connectivity index (χ1n) is 9.02. The predicted molar refractivity (Wildman–Crippen MR) is 101 cm³/mol. The second-order valence-corrected chi connectivity index (χ2v) is 7.28. The van der Waals surface area contributed by atoms with E-state index in [4.69, 9.17) is 11.6 Å². The van der Waals surface area contributed by atoms with E-state index < -0.39 is 6.04 Å². The molecule has 2 rings (SSSR count). The maximum Gasteiger partial charge on any atom is 0.251 e. The van der Waals surface area contributed by atoms with Gasteiger partial charge in [-0.15, -0.1) is 0 Å². The van der Waals surface area contributed by atoms with Crippen molar-refractivity contribution in [3.05, 3.63) is 34.9 Å². The average molecular weight is 366 g/mol. The Morgan fingerprint density at radius 1 is 1.32 bits per heavy atom. The third-order valence-electron chi connectivity index (χ3n) is 4.98. The molecule has 0 radical (unpaired) electrons. The van der Waals surface area contributed by atoms with Gasteiger partial charge in [-0.05, 0) is 56.5 Å². The molecule has 25 heavy (non-hydrogen) atoms. The fraction of sp³-hybridized carbons (Fsp3) is 0.579. The number of amides is 2.